The van der Waals surface area contributed by atoms with E-state index in [9.17, 15) is 0 Å². The minimum Gasteiger partial charge on any atom is -0.314 e. The smallest absolute Gasteiger partial charge is 0.0236 e. The zero-order valence-corrected chi connectivity index (χ0v) is 12.8. The first-order chi connectivity index (χ1) is 8.72. The first-order valence-electron chi connectivity index (χ1n) is 7.24. The number of hydrogen-bond donors (Lipinski definition) is 1. The summed E-state index contributed by atoms with van der Waals surface area (Å²) in [6.07, 6.45) is 2.70. The van der Waals surface area contributed by atoms with E-state index in [0.29, 0.717) is 0 Å². The van der Waals surface area contributed by atoms with E-state index < -0.39 is 0 Å². The van der Waals surface area contributed by atoms with Gasteiger partial charge in [-0.15, -0.1) is 12.4 Å². The molecular formula is C16H25ClN2. The molecular weight excluding hydrogens is 256 g/mol. The van der Waals surface area contributed by atoms with Crippen LogP contribution in [0, 0.1) is 19.8 Å². The van der Waals surface area contributed by atoms with Crippen LogP contribution < -0.4 is 5.32 Å². The van der Waals surface area contributed by atoms with Crippen molar-refractivity contribution in [1.29, 1.82) is 0 Å². The Labute approximate surface area is 123 Å². The molecule has 3 heteroatoms. The van der Waals surface area contributed by atoms with E-state index in [1.165, 1.54) is 49.2 Å². The van der Waals surface area contributed by atoms with Crippen LogP contribution in [-0.4, -0.2) is 30.6 Å². The number of piperidine rings is 1. The molecule has 0 amide bonds. The first-order valence-corrected chi connectivity index (χ1v) is 7.24. The molecule has 2 aliphatic heterocycles. The summed E-state index contributed by atoms with van der Waals surface area (Å²) in [6.45, 7) is 9.32. The molecule has 1 aromatic carbocycles. The van der Waals surface area contributed by atoms with E-state index in [2.05, 4.69) is 42.3 Å². The highest BCUT2D eigenvalue weighted by Crippen LogP contribution is 2.26. The number of nitrogens with zero attached hydrogens (tertiary/aromatic N) is 1. The largest absolute Gasteiger partial charge is 0.314 e. The second kappa shape index (κ2) is 6.25. The molecule has 2 heterocycles. The number of rotatable bonds is 2. The van der Waals surface area contributed by atoms with Crippen molar-refractivity contribution in [1.82, 2.24) is 10.2 Å². The highest BCUT2D eigenvalue weighted by atomic mass is 35.5. The fraction of sp³-hybridized carbons (Fsp3) is 0.625. The van der Waals surface area contributed by atoms with Crippen LogP contribution in [0.2, 0.25) is 0 Å². The molecule has 2 saturated heterocycles. The lowest BCUT2D eigenvalue weighted by Gasteiger charge is -2.35. The third-order valence-electron chi connectivity index (χ3n) is 4.64. The summed E-state index contributed by atoms with van der Waals surface area (Å²) in [5.41, 5.74) is 4.33. The van der Waals surface area contributed by atoms with E-state index in [0.717, 1.165) is 18.5 Å². The lowest BCUT2D eigenvalue weighted by atomic mass is 9.92. The van der Waals surface area contributed by atoms with Crippen molar-refractivity contribution in [2.75, 3.05) is 19.6 Å². The van der Waals surface area contributed by atoms with Crippen LogP contribution >= 0.6 is 12.4 Å². The molecule has 1 aromatic rings. The van der Waals surface area contributed by atoms with Crippen LogP contribution in [0.1, 0.15) is 29.5 Å². The number of aryl methyl sites for hydroxylation is 2. The lowest BCUT2D eigenvalue weighted by molar-refractivity contribution is 0.155. The van der Waals surface area contributed by atoms with Crippen molar-refractivity contribution in [2.45, 2.75) is 39.3 Å². The van der Waals surface area contributed by atoms with E-state index in [1.54, 1.807) is 0 Å². The molecule has 2 aliphatic rings. The van der Waals surface area contributed by atoms with Crippen molar-refractivity contribution in [2.24, 2.45) is 5.92 Å². The summed E-state index contributed by atoms with van der Waals surface area (Å²) >= 11 is 0. The van der Waals surface area contributed by atoms with Gasteiger partial charge in [0.25, 0.3) is 0 Å². The van der Waals surface area contributed by atoms with Crippen molar-refractivity contribution in [3.05, 3.63) is 34.9 Å². The second-order valence-corrected chi connectivity index (χ2v) is 6.06. The Balaban J connectivity index is 0.00000133. The van der Waals surface area contributed by atoms with Crippen LogP contribution in [0.3, 0.4) is 0 Å². The Hall–Kier alpha value is -0.570. The summed E-state index contributed by atoms with van der Waals surface area (Å²) in [6, 6.07) is 7.63. The van der Waals surface area contributed by atoms with Gasteiger partial charge in [-0.25, -0.2) is 0 Å². The molecule has 0 bridgehead atoms. The SMILES string of the molecule is Cc1ccc(C)c(CN2CCC3NCCC3C2)c1.Cl. The molecule has 106 valence electrons. The van der Waals surface area contributed by atoms with E-state index >= 15 is 0 Å². The molecule has 19 heavy (non-hydrogen) atoms. The van der Waals surface area contributed by atoms with Crippen molar-refractivity contribution >= 4 is 12.4 Å². The number of nitrogens with one attached hydrogen (secondary N) is 1. The lowest BCUT2D eigenvalue weighted by Crippen LogP contribution is -2.44. The molecule has 2 atom stereocenters. The van der Waals surface area contributed by atoms with Crippen molar-refractivity contribution in [3.63, 3.8) is 0 Å². The zero-order valence-electron chi connectivity index (χ0n) is 12.0. The quantitative estimate of drug-likeness (QED) is 0.896. The molecule has 3 rings (SSSR count). The summed E-state index contributed by atoms with van der Waals surface area (Å²) in [5.74, 6) is 0.892. The van der Waals surface area contributed by atoms with Crippen LogP contribution in [-0.2, 0) is 6.54 Å². The predicted molar refractivity (Wildman–Crippen MR) is 83.0 cm³/mol. The normalized spacial score (nSPS) is 26.8. The van der Waals surface area contributed by atoms with Gasteiger partial charge in [0.1, 0.15) is 0 Å². The Morgan fingerprint density at radius 2 is 2.11 bits per heavy atom. The summed E-state index contributed by atoms with van der Waals surface area (Å²) < 4.78 is 0. The number of fused-ring (bicyclic) bond motifs is 1. The average molecular weight is 281 g/mol. The number of likely N-dealkylation sites (tertiary alicyclic amines) is 1. The number of benzene rings is 1. The van der Waals surface area contributed by atoms with Gasteiger partial charge in [0.2, 0.25) is 0 Å². The molecule has 1 N–H and O–H groups in total. The van der Waals surface area contributed by atoms with E-state index in [4.69, 9.17) is 0 Å². The van der Waals surface area contributed by atoms with Crippen molar-refractivity contribution < 1.29 is 0 Å². The molecule has 0 saturated carbocycles. The molecule has 0 aromatic heterocycles. The average Bonchev–Trinajstić information content (AvgIpc) is 2.81. The Kier molecular flexibility index (Phi) is 4.88. The maximum atomic E-state index is 3.64. The predicted octanol–water partition coefficient (Wildman–Crippen LogP) is 2.91. The molecule has 2 unspecified atom stereocenters. The summed E-state index contributed by atoms with van der Waals surface area (Å²) in [5, 5.41) is 3.64. The van der Waals surface area contributed by atoms with Crippen LogP contribution in [0.15, 0.2) is 18.2 Å². The molecule has 0 radical (unpaired) electrons. The first kappa shape index (κ1) is 14.8. The molecule has 0 spiro atoms. The van der Waals surface area contributed by atoms with Gasteiger partial charge in [0, 0.05) is 19.1 Å². The van der Waals surface area contributed by atoms with Gasteiger partial charge in [0.05, 0.1) is 0 Å². The Morgan fingerprint density at radius 3 is 2.95 bits per heavy atom. The number of hydrogen-bond acceptors (Lipinski definition) is 2. The van der Waals surface area contributed by atoms with E-state index in [1.807, 2.05) is 0 Å². The third-order valence-corrected chi connectivity index (χ3v) is 4.64. The Bertz CT molecular complexity index is 433. The maximum Gasteiger partial charge on any atom is 0.0236 e. The minimum absolute atomic E-state index is 0. The topological polar surface area (TPSA) is 15.3 Å². The van der Waals surface area contributed by atoms with Gasteiger partial charge in [-0.05, 0) is 56.8 Å². The number of halogens is 1. The van der Waals surface area contributed by atoms with Gasteiger partial charge in [-0.3, -0.25) is 4.90 Å². The highest BCUT2D eigenvalue weighted by Gasteiger charge is 2.32. The van der Waals surface area contributed by atoms with E-state index in [-0.39, 0.29) is 12.4 Å². The second-order valence-electron chi connectivity index (χ2n) is 6.06. The third kappa shape index (κ3) is 3.31. The molecule has 2 nitrogen and oxygen atoms in total. The highest BCUT2D eigenvalue weighted by molar-refractivity contribution is 5.85. The van der Waals surface area contributed by atoms with Crippen LogP contribution in [0.5, 0.6) is 0 Å². The summed E-state index contributed by atoms with van der Waals surface area (Å²) in [7, 11) is 0. The fourth-order valence-electron chi connectivity index (χ4n) is 3.48. The Morgan fingerprint density at radius 1 is 1.26 bits per heavy atom. The minimum atomic E-state index is 0. The van der Waals surface area contributed by atoms with Gasteiger partial charge >= 0.3 is 0 Å². The van der Waals surface area contributed by atoms with Gasteiger partial charge in [-0.1, -0.05) is 23.8 Å². The zero-order chi connectivity index (χ0) is 12.5. The molecule has 2 fully saturated rings. The maximum absolute atomic E-state index is 3.64. The van der Waals surface area contributed by atoms with Gasteiger partial charge in [0.15, 0.2) is 0 Å². The monoisotopic (exact) mass is 280 g/mol. The molecule has 0 aliphatic carbocycles. The van der Waals surface area contributed by atoms with Crippen LogP contribution in [0.4, 0.5) is 0 Å². The van der Waals surface area contributed by atoms with Gasteiger partial charge < -0.3 is 5.32 Å². The standard InChI is InChI=1S/C16H24N2.ClH/c1-12-3-4-13(2)15(9-12)11-18-8-6-16-14(10-18)5-7-17-16;/h3-4,9,14,16-17H,5-8,10-11H2,1-2H3;1H. The summed E-state index contributed by atoms with van der Waals surface area (Å²) in [4.78, 5) is 2.65. The van der Waals surface area contributed by atoms with Gasteiger partial charge in [-0.2, -0.15) is 0 Å². The fourth-order valence-corrected chi connectivity index (χ4v) is 3.48. The van der Waals surface area contributed by atoms with Crippen molar-refractivity contribution in [3.8, 4) is 0 Å². The van der Waals surface area contributed by atoms with Crippen LogP contribution in [0.25, 0.3) is 0 Å².